The fourth-order valence-corrected chi connectivity index (χ4v) is 2.40. The lowest BCUT2D eigenvalue weighted by Crippen LogP contribution is -2.03. The van der Waals surface area contributed by atoms with Gasteiger partial charge in [0.25, 0.3) is 0 Å². The monoisotopic (exact) mass is 234 g/mol. The van der Waals surface area contributed by atoms with Crippen molar-refractivity contribution in [2.24, 2.45) is 5.73 Å². The molecule has 1 atom stereocenters. The second kappa shape index (κ2) is 4.27. The molecule has 0 amide bonds. The van der Waals surface area contributed by atoms with Gasteiger partial charge in [-0.2, -0.15) is 0 Å². The fraction of sp³-hybridized carbons (Fsp3) is 0.364. The van der Waals surface area contributed by atoms with Crippen molar-refractivity contribution in [3.05, 3.63) is 28.5 Å². The Hall–Kier alpha value is -1.33. The summed E-state index contributed by atoms with van der Waals surface area (Å²) in [7, 11) is 0. The molecular weight excluding hydrogens is 220 g/mol. The number of hydrogen-bond donors (Lipinski definition) is 1. The van der Waals surface area contributed by atoms with Gasteiger partial charge in [0, 0.05) is 23.3 Å². The van der Waals surface area contributed by atoms with E-state index in [2.05, 4.69) is 15.0 Å². The highest BCUT2D eigenvalue weighted by molar-refractivity contribution is 7.15. The van der Waals surface area contributed by atoms with E-state index in [9.17, 15) is 0 Å². The molecule has 5 heteroatoms. The lowest BCUT2D eigenvalue weighted by atomic mass is 10.2. The molecular formula is C11H14N4S. The van der Waals surface area contributed by atoms with Crippen molar-refractivity contribution in [1.82, 2.24) is 15.0 Å². The van der Waals surface area contributed by atoms with Crippen LogP contribution in [0, 0.1) is 13.8 Å². The Morgan fingerprint density at radius 1 is 1.25 bits per heavy atom. The topological polar surface area (TPSA) is 64.7 Å². The number of hydrogen-bond acceptors (Lipinski definition) is 5. The summed E-state index contributed by atoms with van der Waals surface area (Å²) < 4.78 is 0. The van der Waals surface area contributed by atoms with Crippen LogP contribution < -0.4 is 5.73 Å². The van der Waals surface area contributed by atoms with Crippen LogP contribution in [0.2, 0.25) is 0 Å². The third kappa shape index (κ3) is 2.10. The molecule has 2 heterocycles. The summed E-state index contributed by atoms with van der Waals surface area (Å²) in [5, 5.41) is 0.838. The summed E-state index contributed by atoms with van der Waals surface area (Å²) in [4.78, 5) is 14.1. The van der Waals surface area contributed by atoms with E-state index < -0.39 is 0 Å². The molecule has 84 valence electrons. The predicted molar refractivity (Wildman–Crippen MR) is 65.2 cm³/mol. The first kappa shape index (κ1) is 11.2. The van der Waals surface area contributed by atoms with Gasteiger partial charge in [-0.1, -0.05) is 0 Å². The van der Waals surface area contributed by atoms with Crippen molar-refractivity contribution in [1.29, 1.82) is 0 Å². The van der Waals surface area contributed by atoms with Crippen LogP contribution in [0.4, 0.5) is 0 Å². The van der Waals surface area contributed by atoms with Gasteiger partial charge in [0.1, 0.15) is 0 Å². The van der Waals surface area contributed by atoms with Crippen molar-refractivity contribution < 1.29 is 0 Å². The number of nitrogens with zero attached hydrogens (tertiary/aromatic N) is 3. The third-order valence-corrected chi connectivity index (χ3v) is 3.57. The second-order valence-corrected chi connectivity index (χ2v) is 4.87. The zero-order chi connectivity index (χ0) is 11.7. The van der Waals surface area contributed by atoms with Crippen molar-refractivity contribution in [2.45, 2.75) is 26.8 Å². The standard InChI is InChI=1S/C11H14N4S/c1-6-4-13-10(14-5-6)11-15-8(3)9(16-11)7(2)12/h4-5,7H,12H2,1-3H3. The maximum Gasteiger partial charge on any atom is 0.188 e. The molecule has 16 heavy (non-hydrogen) atoms. The van der Waals surface area contributed by atoms with Crippen LogP contribution in [0.3, 0.4) is 0 Å². The molecule has 0 aliphatic heterocycles. The summed E-state index contributed by atoms with van der Waals surface area (Å²) in [6.45, 7) is 5.89. The highest BCUT2D eigenvalue weighted by Crippen LogP contribution is 2.28. The van der Waals surface area contributed by atoms with Gasteiger partial charge in [-0.15, -0.1) is 11.3 Å². The minimum atomic E-state index is 0.0108. The molecule has 2 aromatic heterocycles. The van der Waals surface area contributed by atoms with Crippen LogP contribution in [0.5, 0.6) is 0 Å². The number of thiazole rings is 1. The zero-order valence-corrected chi connectivity index (χ0v) is 10.4. The van der Waals surface area contributed by atoms with Gasteiger partial charge in [0.15, 0.2) is 10.8 Å². The Balaban J connectivity index is 2.41. The molecule has 0 aliphatic carbocycles. The van der Waals surface area contributed by atoms with Gasteiger partial charge in [0.2, 0.25) is 0 Å². The minimum absolute atomic E-state index is 0.0108. The normalized spacial score (nSPS) is 12.8. The van der Waals surface area contributed by atoms with E-state index in [1.165, 1.54) is 0 Å². The lowest BCUT2D eigenvalue weighted by molar-refractivity contribution is 0.825. The Morgan fingerprint density at radius 3 is 2.38 bits per heavy atom. The predicted octanol–water partition coefficient (Wildman–Crippen LogP) is 2.24. The highest BCUT2D eigenvalue weighted by Gasteiger charge is 2.13. The molecule has 0 spiro atoms. The number of aromatic nitrogens is 3. The molecule has 2 aromatic rings. The molecule has 0 aromatic carbocycles. The van der Waals surface area contributed by atoms with Gasteiger partial charge >= 0.3 is 0 Å². The maximum absolute atomic E-state index is 5.86. The Kier molecular flexibility index (Phi) is 2.98. The van der Waals surface area contributed by atoms with Gasteiger partial charge in [-0.05, 0) is 26.3 Å². The van der Waals surface area contributed by atoms with Crippen molar-refractivity contribution in [2.75, 3.05) is 0 Å². The van der Waals surface area contributed by atoms with E-state index >= 15 is 0 Å². The van der Waals surface area contributed by atoms with Gasteiger partial charge in [-0.3, -0.25) is 0 Å². The third-order valence-electron chi connectivity index (χ3n) is 2.22. The lowest BCUT2D eigenvalue weighted by Gasteiger charge is -1.99. The first-order valence-electron chi connectivity index (χ1n) is 5.10. The highest BCUT2D eigenvalue weighted by atomic mass is 32.1. The second-order valence-electron chi connectivity index (χ2n) is 3.84. The summed E-state index contributed by atoms with van der Waals surface area (Å²) in [6.07, 6.45) is 3.59. The van der Waals surface area contributed by atoms with Gasteiger partial charge in [-0.25, -0.2) is 15.0 Å². The van der Waals surface area contributed by atoms with E-state index in [1.807, 2.05) is 20.8 Å². The maximum atomic E-state index is 5.86. The zero-order valence-electron chi connectivity index (χ0n) is 9.56. The number of rotatable bonds is 2. The van der Waals surface area contributed by atoms with Gasteiger partial charge < -0.3 is 5.73 Å². The molecule has 0 radical (unpaired) electrons. The molecule has 0 fully saturated rings. The van der Waals surface area contributed by atoms with Crippen molar-refractivity contribution in [3.8, 4) is 10.8 Å². The molecule has 0 bridgehead atoms. The van der Waals surface area contributed by atoms with Crippen LogP contribution in [-0.4, -0.2) is 15.0 Å². The van der Waals surface area contributed by atoms with E-state index in [1.54, 1.807) is 23.7 Å². The molecule has 0 saturated heterocycles. The Morgan fingerprint density at radius 2 is 1.88 bits per heavy atom. The first-order valence-corrected chi connectivity index (χ1v) is 5.91. The van der Waals surface area contributed by atoms with E-state index in [4.69, 9.17) is 5.73 Å². The average Bonchev–Trinajstić information content (AvgIpc) is 2.61. The van der Waals surface area contributed by atoms with Crippen molar-refractivity contribution >= 4 is 11.3 Å². The first-order chi connectivity index (χ1) is 7.58. The van der Waals surface area contributed by atoms with Crippen LogP contribution in [0.1, 0.15) is 29.1 Å². The number of aryl methyl sites for hydroxylation is 2. The average molecular weight is 234 g/mol. The van der Waals surface area contributed by atoms with Crippen LogP contribution in [0.25, 0.3) is 10.8 Å². The largest absolute Gasteiger partial charge is 0.323 e. The summed E-state index contributed by atoms with van der Waals surface area (Å²) >= 11 is 1.57. The van der Waals surface area contributed by atoms with E-state index in [0.717, 1.165) is 21.1 Å². The number of nitrogens with two attached hydrogens (primary N) is 1. The molecule has 0 saturated carbocycles. The van der Waals surface area contributed by atoms with E-state index in [0.29, 0.717) is 5.82 Å². The van der Waals surface area contributed by atoms with E-state index in [-0.39, 0.29) is 6.04 Å². The van der Waals surface area contributed by atoms with Crippen LogP contribution >= 0.6 is 11.3 Å². The molecule has 2 rings (SSSR count). The Labute approximate surface area is 98.6 Å². The molecule has 1 unspecified atom stereocenters. The summed E-state index contributed by atoms with van der Waals surface area (Å²) in [5.74, 6) is 0.672. The minimum Gasteiger partial charge on any atom is -0.323 e. The quantitative estimate of drug-likeness (QED) is 0.865. The van der Waals surface area contributed by atoms with Gasteiger partial charge in [0.05, 0.1) is 5.69 Å². The molecule has 0 aliphatic rings. The summed E-state index contributed by atoms with van der Waals surface area (Å²) in [6, 6.07) is 0.0108. The molecule has 4 nitrogen and oxygen atoms in total. The summed E-state index contributed by atoms with van der Waals surface area (Å²) in [5.41, 5.74) is 7.88. The SMILES string of the molecule is Cc1cnc(-c2nc(C)c(C(C)N)s2)nc1. The van der Waals surface area contributed by atoms with Crippen molar-refractivity contribution in [3.63, 3.8) is 0 Å². The van der Waals surface area contributed by atoms with Crippen LogP contribution in [-0.2, 0) is 0 Å². The molecule has 2 N–H and O–H groups in total. The smallest absolute Gasteiger partial charge is 0.188 e. The van der Waals surface area contributed by atoms with Crippen LogP contribution in [0.15, 0.2) is 12.4 Å². The Bertz CT molecular complexity index is 487. The fourth-order valence-electron chi connectivity index (χ4n) is 1.43.